The molecule has 0 heterocycles. The maximum absolute atomic E-state index is 2.78. The summed E-state index contributed by atoms with van der Waals surface area (Å²) < 4.78 is 0. The molecule has 0 amide bonds. The van der Waals surface area contributed by atoms with Gasteiger partial charge in [-0.15, -0.1) is 0 Å². The molecule has 0 atom stereocenters. The summed E-state index contributed by atoms with van der Waals surface area (Å²) in [5.74, 6) is 0. The Balaban J connectivity index is 2.94. The topological polar surface area (TPSA) is 0 Å². The Hall–Kier alpha value is -0.0849. The van der Waals surface area contributed by atoms with Gasteiger partial charge < -0.3 is 0 Å². The standard InChI is InChI=1S/C32H62Si8/c1-33(2,3)39(34(4,5)6,35(7,8)9)31-27-23-19-21-25-29(27)32(30-26-22-20-24-28(30)31)40(36(10,11)12,37(13,14)15)38(16,17)18/h19-26H,1-18H3. The van der Waals surface area contributed by atoms with Gasteiger partial charge in [-0.2, -0.15) is 0 Å². The molecule has 0 aromatic heterocycles. The molecule has 0 aliphatic carbocycles. The summed E-state index contributed by atoms with van der Waals surface area (Å²) in [6.45, 7) is 46.3. The third-order valence-corrected chi connectivity index (χ3v) is 153. The van der Waals surface area contributed by atoms with Crippen molar-refractivity contribution in [1.82, 2.24) is 0 Å². The summed E-state index contributed by atoms with van der Waals surface area (Å²) in [5.41, 5.74) is 0. The van der Waals surface area contributed by atoms with E-state index < -0.39 is 58.8 Å². The fourth-order valence-corrected chi connectivity index (χ4v) is 213. The second-order valence-corrected chi connectivity index (χ2v) is 99.3. The van der Waals surface area contributed by atoms with Gasteiger partial charge in [-0.25, -0.2) is 0 Å². The van der Waals surface area contributed by atoms with Crippen LogP contribution in [0.5, 0.6) is 0 Å². The van der Waals surface area contributed by atoms with E-state index in [9.17, 15) is 0 Å². The van der Waals surface area contributed by atoms with E-state index in [0.29, 0.717) is 0 Å². The largest absolute Gasteiger partial charge is 0.0716 e. The molecule has 0 spiro atoms. The lowest BCUT2D eigenvalue weighted by Gasteiger charge is -2.60. The maximum Gasteiger partial charge on any atom is 0.0701 e. The Kier molecular flexibility index (Phi) is 8.81. The highest BCUT2D eigenvalue weighted by molar-refractivity contribution is 7.94. The molecular formula is C32H62Si8. The van der Waals surface area contributed by atoms with Crippen molar-refractivity contribution >= 4 is 90.7 Å². The average Bonchev–Trinajstić information content (AvgIpc) is 2.70. The van der Waals surface area contributed by atoms with Gasteiger partial charge >= 0.3 is 0 Å². The highest BCUT2D eigenvalue weighted by atomic mass is 29.9. The fourth-order valence-electron chi connectivity index (χ4n) is 11.9. The van der Waals surface area contributed by atoms with Crippen molar-refractivity contribution in [1.29, 1.82) is 0 Å². The highest BCUT2D eigenvalue weighted by Crippen LogP contribution is 2.43. The van der Waals surface area contributed by atoms with Gasteiger partial charge in [0.2, 0.25) is 0 Å². The first kappa shape index (κ1) is 34.4. The molecular weight excluding hydrogens is 609 g/mol. The minimum absolute atomic E-state index is 1.56. The zero-order valence-electron chi connectivity index (χ0n) is 29.6. The Morgan fingerprint density at radius 1 is 0.275 bits per heavy atom. The first-order valence-corrected chi connectivity index (χ1v) is 46.7. The normalized spacial score (nSPS) is 15.2. The van der Waals surface area contributed by atoms with Gasteiger partial charge in [0.05, 0.1) is 13.3 Å². The molecule has 0 radical (unpaired) electrons. The van der Waals surface area contributed by atoms with E-state index in [1.807, 2.05) is 10.4 Å². The second kappa shape index (κ2) is 10.2. The van der Waals surface area contributed by atoms with Crippen LogP contribution in [-0.4, -0.2) is 58.8 Å². The van der Waals surface area contributed by atoms with Crippen LogP contribution < -0.4 is 10.4 Å². The lowest BCUT2D eigenvalue weighted by Crippen LogP contribution is -2.89. The van der Waals surface area contributed by atoms with Crippen molar-refractivity contribution in [3.8, 4) is 0 Å². The van der Waals surface area contributed by atoms with Gasteiger partial charge in [-0.1, -0.05) is 177 Å². The zero-order valence-corrected chi connectivity index (χ0v) is 37.6. The predicted octanol–water partition coefficient (Wildman–Crippen LogP) is 9.80. The van der Waals surface area contributed by atoms with E-state index in [1.165, 1.54) is 0 Å². The SMILES string of the molecule is C[Si](C)(C)[Si](c1c2ccccc2c([Si]([Si](C)(C)C)([Si](C)(C)C)[Si](C)(C)C)c2ccccc12)([Si](C)(C)C)[Si](C)(C)C. The van der Waals surface area contributed by atoms with Crippen molar-refractivity contribution in [2.24, 2.45) is 0 Å². The first-order valence-electron chi connectivity index (χ1n) is 15.7. The predicted molar refractivity (Wildman–Crippen MR) is 212 cm³/mol. The molecule has 8 heteroatoms. The maximum atomic E-state index is 2.78. The van der Waals surface area contributed by atoms with Crippen LogP contribution in [0.3, 0.4) is 0 Å². The molecule has 0 saturated heterocycles. The van der Waals surface area contributed by atoms with Crippen LogP contribution in [0.1, 0.15) is 0 Å². The molecule has 0 aliphatic rings. The van der Waals surface area contributed by atoms with Gasteiger partial charge in [0, 0.05) is 45.5 Å². The lowest BCUT2D eigenvalue weighted by atomic mass is 10.0. The lowest BCUT2D eigenvalue weighted by molar-refractivity contribution is 1.71. The third kappa shape index (κ3) is 4.78. The minimum Gasteiger partial charge on any atom is -0.0716 e. The monoisotopic (exact) mass is 670 g/mol. The molecule has 3 aromatic rings. The van der Waals surface area contributed by atoms with Crippen molar-refractivity contribution in [2.45, 2.75) is 118 Å². The van der Waals surface area contributed by atoms with Gasteiger partial charge in [0.25, 0.3) is 0 Å². The summed E-state index contributed by atoms with van der Waals surface area (Å²) >= 11 is 0. The molecule has 0 aliphatic heterocycles. The van der Waals surface area contributed by atoms with E-state index >= 15 is 0 Å². The van der Waals surface area contributed by atoms with E-state index in [2.05, 4.69) is 166 Å². The van der Waals surface area contributed by atoms with Crippen LogP contribution in [0, 0.1) is 0 Å². The Morgan fingerprint density at radius 3 is 0.550 bits per heavy atom. The fraction of sp³-hybridized carbons (Fsp3) is 0.562. The summed E-state index contributed by atoms with van der Waals surface area (Å²) in [6.07, 6.45) is 0. The van der Waals surface area contributed by atoms with Crippen molar-refractivity contribution in [2.75, 3.05) is 0 Å². The van der Waals surface area contributed by atoms with E-state index in [1.54, 1.807) is 21.5 Å². The molecule has 3 rings (SSSR count). The van der Waals surface area contributed by atoms with Crippen LogP contribution in [0.4, 0.5) is 0 Å². The average molecular weight is 672 g/mol. The molecule has 222 valence electrons. The van der Waals surface area contributed by atoms with Gasteiger partial charge in [-0.3, -0.25) is 0 Å². The van der Waals surface area contributed by atoms with Crippen molar-refractivity contribution in [3.05, 3.63) is 48.5 Å². The van der Waals surface area contributed by atoms with E-state index in [0.717, 1.165) is 0 Å². The summed E-state index contributed by atoms with van der Waals surface area (Å²) in [4.78, 5) is 0. The molecule has 0 bridgehead atoms. The Labute approximate surface area is 255 Å². The summed E-state index contributed by atoms with van der Waals surface area (Å²) in [5, 5.41) is 10.6. The number of benzene rings is 3. The molecule has 0 unspecified atom stereocenters. The highest BCUT2D eigenvalue weighted by Gasteiger charge is 2.66. The van der Waals surface area contributed by atoms with Gasteiger partial charge in [0.1, 0.15) is 0 Å². The smallest absolute Gasteiger partial charge is 0.0701 e. The number of rotatable bonds is 8. The van der Waals surface area contributed by atoms with E-state index in [4.69, 9.17) is 0 Å². The van der Waals surface area contributed by atoms with Crippen molar-refractivity contribution < 1.29 is 0 Å². The third-order valence-electron chi connectivity index (χ3n) is 10.4. The number of hydrogen-bond donors (Lipinski definition) is 0. The van der Waals surface area contributed by atoms with Crippen molar-refractivity contribution in [3.63, 3.8) is 0 Å². The Bertz CT molecular complexity index is 1160. The zero-order chi connectivity index (χ0) is 31.1. The van der Waals surface area contributed by atoms with Gasteiger partial charge in [0.15, 0.2) is 0 Å². The molecule has 0 saturated carbocycles. The number of fused-ring (bicyclic) bond motifs is 2. The molecule has 0 fully saturated rings. The van der Waals surface area contributed by atoms with E-state index in [-0.39, 0.29) is 0 Å². The second-order valence-electron chi connectivity index (χ2n) is 18.8. The quantitative estimate of drug-likeness (QED) is 0.165. The van der Waals surface area contributed by atoms with Crippen LogP contribution in [-0.2, 0) is 0 Å². The van der Waals surface area contributed by atoms with Crippen LogP contribution in [0.2, 0.25) is 118 Å². The summed E-state index contributed by atoms with van der Waals surface area (Å²) in [7, 11) is -9.34. The molecule has 3 aromatic carbocycles. The van der Waals surface area contributed by atoms with Crippen LogP contribution in [0.25, 0.3) is 21.5 Å². The van der Waals surface area contributed by atoms with Gasteiger partial charge in [-0.05, 0) is 21.5 Å². The minimum atomic E-state index is -1.86. The first-order chi connectivity index (χ1) is 17.7. The van der Waals surface area contributed by atoms with Crippen LogP contribution in [0.15, 0.2) is 48.5 Å². The number of hydrogen-bond acceptors (Lipinski definition) is 0. The molecule has 0 nitrogen and oxygen atoms in total. The molecule has 40 heavy (non-hydrogen) atoms. The molecule has 0 N–H and O–H groups in total. The Morgan fingerprint density at radius 2 is 0.425 bits per heavy atom. The van der Waals surface area contributed by atoms with Crippen LogP contribution >= 0.6 is 0 Å². The summed E-state index contributed by atoms with van der Waals surface area (Å²) in [6, 6.07) is 20.0.